The van der Waals surface area contributed by atoms with Crippen LogP contribution < -0.4 is 0 Å². The van der Waals surface area contributed by atoms with Crippen LogP contribution >= 0.6 is 11.6 Å². The minimum atomic E-state index is -3.00. The summed E-state index contributed by atoms with van der Waals surface area (Å²) in [5, 5.41) is 0. The molecule has 0 aromatic heterocycles. The zero-order valence-electron chi connectivity index (χ0n) is 11.5. The van der Waals surface area contributed by atoms with E-state index in [-0.39, 0.29) is 29.3 Å². The van der Waals surface area contributed by atoms with Gasteiger partial charge in [-0.25, -0.2) is 8.42 Å². The van der Waals surface area contributed by atoms with Crippen molar-refractivity contribution in [3.8, 4) is 0 Å². The number of hydrogen-bond acceptors (Lipinski definition) is 5. The summed E-state index contributed by atoms with van der Waals surface area (Å²) in [6.07, 6.45) is 0.522. The van der Waals surface area contributed by atoms with Crippen molar-refractivity contribution < 1.29 is 17.9 Å². The lowest BCUT2D eigenvalue weighted by molar-refractivity contribution is -0.130. The molecule has 0 saturated carbocycles. The van der Waals surface area contributed by atoms with Gasteiger partial charge in [0.1, 0.15) is 5.88 Å². The third-order valence-electron chi connectivity index (χ3n) is 3.84. The SMILES string of the molecule is O=C(CCl)N(CCN1CCOCC1)[C@H]1CCS(=O)(=O)C1. The molecule has 0 radical (unpaired) electrons. The van der Waals surface area contributed by atoms with E-state index in [9.17, 15) is 13.2 Å². The molecule has 0 aromatic carbocycles. The zero-order valence-corrected chi connectivity index (χ0v) is 13.0. The Balaban J connectivity index is 1.92. The predicted molar refractivity (Wildman–Crippen MR) is 76.8 cm³/mol. The van der Waals surface area contributed by atoms with Crippen molar-refractivity contribution in [3.63, 3.8) is 0 Å². The van der Waals surface area contributed by atoms with E-state index in [1.165, 1.54) is 0 Å². The molecule has 0 spiro atoms. The van der Waals surface area contributed by atoms with Crippen LogP contribution in [0.3, 0.4) is 0 Å². The largest absolute Gasteiger partial charge is 0.379 e. The van der Waals surface area contributed by atoms with E-state index in [4.69, 9.17) is 16.3 Å². The van der Waals surface area contributed by atoms with Gasteiger partial charge in [-0.2, -0.15) is 0 Å². The number of amides is 1. The summed E-state index contributed by atoms with van der Waals surface area (Å²) in [5.74, 6) is -0.0401. The normalized spacial score (nSPS) is 26.6. The minimum Gasteiger partial charge on any atom is -0.379 e. The lowest BCUT2D eigenvalue weighted by Gasteiger charge is -2.32. The summed E-state index contributed by atoms with van der Waals surface area (Å²) in [4.78, 5) is 15.8. The number of rotatable bonds is 5. The molecule has 1 amide bonds. The summed E-state index contributed by atoms with van der Waals surface area (Å²) < 4.78 is 28.4. The number of hydrogen-bond donors (Lipinski definition) is 0. The summed E-state index contributed by atoms with van der Waals surface area (Å²) in [5.41, 5.74) is 0. The molecule has 0 aliphatic carbocycles. The average molecular weight is 325 g/mol. The van der Waals surface area contributed by atoms with Crippen LogP contribution in [0.2, 0.25) is 0 Å². The van der Waals surface area contributed by atoms with E-state index in [0.717, 1.165) is 19.6 Å². The number of ether oxygens (including phenoxy) is 1. The number of alkyl halides is 1. The van der Waals surface area contributed by atoms with Crippen molar-refractivity contribution in [1.82, 2.24) is 9.80 Å². The second-order valence-corrected chi connectivity index (χ2v) is 7.73. The molecule has 6 nitrogen and oxygen atoms in total. The first-order valence-electron chi connectivity index (χ1n) is 6.88. The molecule has 116 valence electrons. The monoisotopic (exact) mass is 324 g/mol. The Kier molecular flexibility index (Phi) is 5.65. The topological polar surface area (TPSA) is 66.9 Å². The highest BCUT2D eigenvalue weighted by Crippen LogP contribution is 2.18. The number of morpholine rings is 1. The first-order chi connectivity index (χ1) is 9.52. The number of carbonyl (C=O) groups excluding carboxylic acids is 1. The van der Waals surface area contributed by atoms with E-state index >= 15 is 0 Å². The lowest BCUT2D eigenvalue weighted by Crippen LogP contribution is -2.47. The maximum absolute atomic E-state index is 11.9. The first kappa shape index (κ1) is 16.0. The number of nitrogens with zero attached hydrogens (tertiary/aromatic N) is 2. The minimum absolute atomic E-state index is 0.0682. The van der Waals surface area contributed by atoms with E-state index in [1.807, 2.05) is 0 Å². The van der Waals surface area contributed by atoms with Crippen LogP contribution in [0.1, 0.15) is 6.42 Å². The van der Waals surface area contributed by atoms with Gasteiger partial charge in [0.15, 0.2) is 9.84 Å². The van der Waals surface area contributed by atoms with Crippen molar-refractivity contribution in [3.05, 3.63) is 0 Å². The Bertz CT molecular complexity index is 437. The second-order valence-electron chi connectivity index (χ2n) is 5.23. The van der Waals surface area contributed by atoms with Gasteiger partial charge in [-0.1, -0.05) is 0 Å². The van der Waals surface area contributed by atoms with Crippen molar-refractivity contribution in [2.45, 2.75) is 12.5 Å². The molecule has 2 aliphatic rings. The number of sulfone groups is 1. The average Bonchev–Trinajstić information content (AvgIpc) is 2.80. The quantitative estimate of drug-likeness (QED) is 0.642. The van der Waals surface area contributed by atoms with Crippen LogP contribution in [-0.4, -0.2) is 86.9 Å². The summed E-state index contributed by atoms with van der Waals surface area (Å²) in [6, 6.07) is -0.215. The number of halogens is 1. The zero-order chi connectivity index (χ0) is 14.6. The maximum Gasteiger partial charge on any atom is 0.237 e. The fourth-order valence-electron chi connectivity index (χ4n) is 2.68. The molecule has 2 aliphatic heterocycles. The fourth-order valence-corrected chi connectivity index (χ4v) is 4.57. The molecule has 20 heavy (non-hydrogen) atoms. The Morgan fingerprint density at radius 2 is 2.05 bits per heavy atom. The van der Waals surface area contributed by atoms with Crippen molar-refractivity contribution in [1.29, 1.82) is 0 Å². The molecule has 2 saturated heterocycles. The Morgan fingerprint density at radius 1 is 1.35 bits per heavy atom. The smallest absolute Gasteiger partial charge is 0.237 e. The van der Waals surface area contributed by atoms with Crippen LogP contribution in [0, 0.1) is 0 Å². The van der Waals surface area contributed by atoms with Gasteiger partial charge < -0.3 is 9.64 Å². The highest BCUT2D eigenvalue weighted by molar-refractivity contribution is 7.91. The van der Waals surface area contributed by atoms with Crippen molar-refractivity contribution >= 4 is 27.3 Å². The summed E-state index contributed by atoms with van der Waals surface area (Å²) >= 11 is 5.64. The van der Waals surface area contributed by atoms with Crippen molar-refractivity contribution in [2.24, 2.45) is 0 Å². The standard InChI is InChI=1S/C12H21ClN2O4S/c13-9-12(16)15(11-1-8-20(17,18)10-11)3-2-14-4-6-19-7-5-14/h11H,1-10H2/t11-/m0/s1. The van der Waals surface area contributed by atoms with Gasteiger partial charge in [0.25, 0.3) is 0 Å². The highest BCUT2D eigenvalue weighted by atomic mass is 35.5. The summed E-state index contributed by atoms with van der Waals surface area (Å²) in [6.45, 7) is 4.40. The van der Waals surface area contributed by atoms with E-state index in [1.54, 1.807) is 4.90 Å². The molecule has 2 fully saturated rings. The Labute approximate surface area is 124 Å². The molecular weight excluding hydrogens is 304 g/mol. The van der Waals surface area contributed by atoms with Gasteiger partial charge in [0.05, 0.1) is 24.7 Å². The van der Waals surface area contributed by atoms with Crippen LogP contribution in [0.25, 0.3) is 0 Å². The van der Waals surface area contributed by atoms with Crippen LogP contribution in [0.5, 0.6) is 0 Å². The van der Waals surface area contributed by atoms with Crippen LogP contribution in [-0.2, 0) is 19.4 Å². The van der Waals surface area contributed by atoms with Gasteiger partial charge in [0, 0.05) is 32.2 Å². The molecule has 8 heteroatoms. The lowest BCUT2D eigenvalue weighted by atomic mass is 10.2. The third-order valence-corrected chi connectivity index (χ3v) is 5.82. The Morgan fingerprint density at radius 3 is 2.60 bits per heavy atom. The maximum atomic E-state index is 11.9. The van der Waals surface area contributed by atoms with Crippen molar-refractivity contribution in [2.75, 3.05) is 56.8 Å². The highest BCUT2D eigenvalue weighted by Gasteiger charge is 2.34. The first-order valence-corrected chi connectivity index (χ1v) is 9.23. The number of carbonyl (C=O) groups is 1. The molecule has 0 unspecified atom stereocenters. The van der Waals surface area contributed by atoms with Gasteiger partial charge in [0.2, 0.25) is 5.91 Å². The van der Waals surface area contributed by atoms with Gasteiger partial charge in [-0.15, -0.1) is 11.6 Å². The molecular formula is C12H21ClN2O4S. The van der Waals surface area contributed by atoms with E-state index in [2.05, 4.69) is 4.90 Å². The second kappa shape index (κ2) is 7.06. The molecule has 2 rings (SSSR count). The summed E-state index contributed by atoms with van der Waals surface area (Å²) in [7, 11) is -3.00. The fraction of sp³-hybridized carbons (Fsp3) is 0.917. The Hall–Kier alpha value is -0.370. The third kappa shape index (κ3) is 4.31. The van der Waals surface area contributed by atoms with Crippen LogP contribution in [0.15, 0.2) is 0 Å². The van der Waals surface area contributed by atoms with Gasteiger partial charge >= 0.3 is 0 Å². The molecule has 1 atom stereocenters. The van der Waals surface area contributed by atoms with E-state index < -0.39 is 9.84 Å². The predicted octanol–water partition coefficient (Wildman–Crippen LogP) is -0.427. The van der Waals surface area contributed by atoms with Crippen LogP contribution in [0.4, 0.5) is 0 Å². The molecule has 0 aromatic rings. The van der Waals surface area contributed by atoms with Gasteiger partial charge in [-0.3, -0.25) is 9.69 Å². The van der Waals surface area contributed by atoms with E-state index in [0.29, 0.717) is 26.2 Å². The molecule has 2 heterocycles. The molecule has 0 bridgehead atoms. The molecule has 0 N–H and O–H groups in total. The van der Waals surface area contributed by atoms with Gasteiger partial charge in [-0.05, 0) is 6.42 Å².